The van der Waals surface area contributed by atoms with Crippen LogP contribution in [0.1, 0.15) is 5.89 Å². The van der Waals surface area contributed by atoms with Gasteiger partial charge in [0.2, 0.25) is 11.7 Å². The van der Waals surface area contributed by atoms with Crippen molar-refractivity contribution in [2.24, 2.45) is 5.73 Å². The Balaban J connectivity index is 2.23. The van der Waals surface area contributed by atoms with Crippen LogP contribution in [0.25, 0.3) is 11.4 Å². The van der Waals surface area contributed by atoms with Crippen LogP contribution in [-0.4, -0.2) is 23.3 Å². The van der Waals surface area contributed by atoms with Gasteiger partial charge in [0.05, 0.1) is 13.7 Å². The zero-order valence-corrected chi connectivity index (χ0v) is 9.71. The van der Waals surface area contributed by atoms with Gasteiger partial charge in [0.25, 0.3) is 0 Å². The summed E-state index contributed by atoms with van der Waals surface area (Å²) in [5, 5.41) is 6.34. The number of rotatable bonds is 3. The molecule has 0 spiro atoms. The maximum atomic E-state index is 11.1. The molecule has 1 heterocycles. The lowest BCUT2D eigenvalue weighted by atomic mass is 10.2. The molecule has 0 aliphatic carbocycles. The molecule has 18 heavy (non-hydrogen) atoms. The number of methoxy groups -OCH3 is 1. The third-order valence-electron chi connectivity index (χ3n) is 2.20. The van der Waals surface area contributed by atoms with Crippen LogP contribution >= 0.6 is 0 Å². The number of nitrogens with zero attached hydrogens (tertiary/aromatic N) is 2. The summed E-state index contributed by atoms with van der Waals surface area (Å²) >= 11 is 0. The van der Waals surface area contributed by atoms with E-state index < -0.39 is 6.09 Å². The molecule has 0 unspecified atom stereocenters. The molecule has 7 heteroatoms. The second-order valence-corrected chi connectivity index (χ2v) is 3.41. The monoisotopic (exact) mass is 248 g/mol. The van der Waals surface area contributed by atoms with Crippen molar-refractivity contribution in [3.05, 3.63) is 30.2 Å². The van der Waals surface area contributed by atoms with E-state index in [2.05, 4.69) is 20.2 Å². The lowest BCUT2D eigenvalue weighted by Gasteiger charge is -2.04. The number of nitrogens with one attached hydrogen (secondary N) is 1. The number of benzene rings is 1. The lowest BCUT2D eigenvalue weighted by Crippen LogP contribution is -2.10. The normalized spacial score (nSPS) is 10.1. The van der Waals surface area contributed by atoms with Crippen molar-refractivity contribution in [1.82, 2.24) is 10.1 Å². The molecule has 2 rings (SSSR count). The van der Waals surface area contributed by atoms with Gasteiger partial charge in [-0.05, 0) is 12.1 Å². The van der Waals surface area contributed by atoms with Crippen LogP contribution in [0.15, 0.2) is 28.8 Å². The van der Waals surface area contributed by atoms with Crippen LogP contribution in [0, 0.1) is 0 Å². The third-order valence-corrected chi connectivity index (χ3v) is 2.20. The highest BCUT2D eigenvalue weighted by molar-refractivity contribution is 5.85. The van der Waals surface area contributed by atoms with E-state index in [0.29, 0.717) is 23.0 Å². The molecule has 94 valence electrons. The summed E-state index contributed by atoms with van der Waals surface area (Å²) in [7, 11) is 1.30. The summed E-state index contributed by atoms with van der Waals surface area (Å²) in [6.07, 6.45) is -0.539. The quantitative estimate of drug-likeness (QED) is 0.850. The van der Waals surface area contributed by atoms with E-state index in [1.54, 1.807) is 24.3 Å². The third kappa shape index (κ3) is 2.64. The first-order valence-corrected chi connectivity index (χ1v) is 5.21. The molecule has 3 N–H and O–H groups in total. The average molecular weight is 248 g/mol. The summed E-state index contributed by atoms with van der Waals surface area (Å²) in [6.45, 7) is 0.188. The zero-order valence-electron chi connectivity index (χ0n) is 9.71. The summed E-state index contributed by atoms with van der Waals surface area (Å²) < 4.78 is 9.42. The molecular formula is C11H12N4O3. The molecule has 0 fully saturated rings. The number of anilines is 1. The Hall–Kier alpha value is -2.41. The molecule has 0 aliphatic rings. The van der Waals surface area contributed by atoms with Gasteiger partial charge in [-0.1, -0.05) is 17.3 Å². The number of hydrogen-bond acceptors (Lipinski definition) is 6. The fraction of sp³-hybridized carbons (Fsp3) is 0.182. The van der Waals surface area contributed by atoms with Crippen molar-refractivity contribution in [3.8, 4) is 11.4 Å². The second kappa shape index (κ2) is 5.28. The van der Waals surface area contributed by atoms with Crippen LogP contribution < -0.4 is 11.1 Å². The minimum Gasteiger partial charge on any atom is -0.453 e. The SMILES string of the molecule is COC(=O)Nc1cccc(-c2noc(CN)n2)c1. The van der Waals surface area contributed by atoms with Gasteiger partial charge in [-0.3, -0.25) is 5.32 Å². The number of ether oxygens (including phenoxy) is 1. The molecule has 0 aliphatic heterocycles. The first kappa shape index (κ1) is 12.1. The number of aromatic nitrogens is 2. The summed E-state index contributed by atoms with van der Waals surface area (Å²) in [4.78, 5) is 15.2. The molecule has 7 nitrogen and oxygen atoms in total. The standard InChI is InChI=1S/C11H12N4O3/c1-17-11(16)13-8-4-2-3-7(5-8)10-14-9(6-12)18-15-10/h2-5H,6,12H2,1H3,(H,13,16). The van der Waals surface area contributed by atoms with Crippen molar-refractivity contribution in [3.63, 3.8) is 0 Å². The Morgan fingerprint density at radius 3 is 3.06 bits per heavy atom. The van der Waals surface area contributed by atoms with E-state index in [1.807, 2.05) is 0 Å². The Morgan fingerprint density at radius 2 is 2.39 bits per heavy atom. The molecule has 1 amide bonds. The number of nitrogens with two attached hydrogens (primary N) is 1. The van der Waals surface area contributed by atoms with Crippen LogP contribution in [0.5, 0.6) is 0 Å². The number of carbonyl (C=O) groups excluding carboxylic acids is 1. The average Bonchev–Trinajstić information content (AvgIpc) is 2.87. The van der Waals surface area contributed by atoms with Crippen molar-refractivity contribution in [2.75, 3.05) is 12.4 Å². The van der Waals surface area contributed by atoms with Crippen LogP contribution in [-0.2, 0) is 11.3 Å². The van der Waals surface area contributed by atoms with Gasteiger partial charge in [0.1, 0.15) is 0 Å². The summed E-state index contributed by atoms with van der Waals surface area (Å²) in [5.74, 6) is 0.778. The molecule has 2 aromatic rings. The number of hydrogen-bond donors (Lipinski definition) is 2. The Morgan fingerprint density at radius 1 is 1.56 bits per heavy atom. The maximum absolute atomic E-state index is 11.1. The van der Waals surface area contributed by atoms with E-state index in [4.69, 9.17) is 10.3 Å². The second-order valence-electron chi connectivity index (χ2n) is 3.41. The first-order chi connectivity index (χ1) is 8.72. The maximum Gasteiger partial charge on any atom is 0.411 e. The molecule has 0 radical (unpaired) electrons. The summed E-state index contributed by atoms with van der Waals surface area (Å²) in [6, 6.07) is 7.00. The minimum absolute atomic E-state index is 0.188. The highest BCUT2D eigenvalue weighted by Gasteiger charge is 2.08. The molecule has 0 saturated heterocycles. The van der Waals surface area contributed by atoms with Crippen LogP contribution in [0.4, 0.5) is 10.5 Å². The van der Waals surface area contributed by atoms with Crippen LogP contribution in [0.2, 0.25) is 0 Å². The van der Waals surface area contributed by atoms with Gasteiger partial charge in [0.15, 0.2) is 0 Å². The Kier molecular flexibility index (Phi) is 3.54. The zero-order chi connectivity index (χ0) is 13.0. The highest BCUT2D eigenvalue weighted by atomic mass is 16.5. The fourth-order valence-electron chi connectivity index (χ4n) is 1.36. The largest absolute Gasteiger partial charge is 0.453 e. The number of carbonyl (C=O) groups is 1. The Bertz CT molecular complexity index is 553. The van der Waals surface area contributed by atoms with E-state index in [9.17, 15) is 4.79 Å². The fourth-order valence-corrected chi connectivity index (χ4v) is 1.36. The van der Waals surface area contributed by atoms with Gasteiger partial charge in [-0.25, -0.2) is 4.79 Å². The lowest BCUT2D eigenvalue weighted by molar-refractivity contribution is 0.187. The van der Waals surface area contributed by atoms with Gasteiger partial charge in [-0.15, -0.1) is 0 Å². The molecule has 0 saturated carbocycles. The van der Waals surface area contributed by atoms with Gasteiger partial charge in [0, 0.05) is 11.3 Å². The molecule has 0 atom stereocenters. The topological polar surface area (TPSA) is 103 Å². The molecule has 1 aromatic heterocycles. The van der Waals surface area contributed by atoms with E-state index in [-0.39, 0.29) is 6.54 Å². The van der Waals surface area contributed by atoms with Crippen molar-refractivity contribution < 1.29 is 14.1 Å². The predicted molar refractivity (Wildman–Crippen MR) is 63.7 cm³/mol. The first-order valence-electron chi connectivity index (χ1n) is 5.21. The Labute approximate surface area is 103 Å². The van der Waals surface area contributed by atoms with E-state index in [0.717, 1.165) is 0 Å². The number of amides is 1. The van der Waals surface area contributed by atoms with E-state index in [1.165, 1.54) is 7.11 Å². The predicted octanol–water partition coefficient (Wildman–Crippen LogP) is 1.37. The van der Waals surface area contributed by atoms with Gasteiger partial charge >= 0.3 is 6.09 Å². The van der Waals surface area contributed by atoms with Gasteiger partial charge in [-0.2, -0.15) is 4.98 Å². The highest BCUT2D eigenvalue weighted by Crippen LogP contribution is 2.20. The molecular weight excluding hydrogens is 236 g/mol. The van der Waals surface area contributed by atoms with Gasteiger partial charge < -0.3 is 15.0 Å². The van der Waals surface area contributed by atoms with Crippen molar-refractivity contribution in [2.45, 2.75) is 6.54 Å². The molecule has 0 bridgehead atoms. The van der Waals surface area contributed by atoms with E-state index >= 15 is 0 Å². The summed E-state index contributed by atoms with van der Waals surface area (Å²) in [5.41, 5.74) is 6.68. The molecule has 1 aromatic carbocycles. The smallest absolute Gasteiger partial charge is 0.411 e. The van der Waals surface area contributed by atoms with Crippen LogP contribution in [0.3, 0.4) is 0 Å². The van der Waals surface area contributed by atoms with Crippen molar-refractivity contribution >= 4 is 11.8 Å². The van der Waals surface area contributed by atoms with Crippen molar-refractivity contribution in [1.29, 1.82) is 0 Å². The minimum atomic E-state index is -0.539.